The van der Waals surface area contributed by atoms with Crippen LogP contribution in [0.4, 0.5) is 0 Å². The van der Waals surface area contributed by atoms with Crippen molar-refractivity contribution in [2.45, 2.75) is 24.7 Å². The van der Waals surface area contributed by atoms with Gasteiger partial charge >= 0.3 is 0 Å². The first kappa shape index (κ1) is 21.8. The number of carbonyl (C=O) groups excluding carboxylic acids is 1. The molecule has 1 amide bonds. The van der Waals surface area contributed by atoms with E-state index in [0.717, 1.165) is 15.8 Å². The summed E-state index contributed by atoms with van der Waals surface area (Å²) in [5.74, 6) is 0.848. The van der Waals surface area contributed by atoms with Gasteiger partial charge in [0.15, 0.2) is 0 Å². The zero-order valence-electron chi connectivity index (χ0n) is 16.4. The topological polar surface area (TPSA) is 66.9 Å². The van der Waals surface area contributed by atoms with Gasteiger partial charge in [-0.25, -0.2) is 8.42 Å². The number of carbonyl (C=O) groups is 1. The normalized spacial score (nSPS) is 15.3. The summed E-state index contributed by atoms with van der Waals surface area (Å²) >= 11 is 3.31. The molecular weight excluding hydrogens is 456 g/mol. The van der Waals surface area contributed by atoms with Crippen molar-refractivity contribution in [2.75, 3.05) is 32.8 Å². The van der Waals surface area contributed by atoms with Crippen LogP contribution in [0.25, 0.3) is 0 Å². The van der Waals surface area contributed by atoms with E-state index in [1.165, 1.54) is 4.31 Å². The molecule has 0 aliphatic carbocycles. The minimum atomic E-state index is -3.54. The summed E-state index contributed by atoms with van der Waals surface area (Å²) in [7, 11) is -3.54. The summed E-state index contributed by atoms with van der Waals surface area (Å²) in [5, 5.41) is 0. The highest BCUT2D eigenvalue weighted by Gasteiger charge is 2.30. The van der Waals surface area contributed by atoms with Gasteiger partial charge in [-0.2, -0.15) is 4.31 Å². The van der Waals surface area contributed by atoms with Crippen molar-refractivity contribution >= 4 is 31.9 Å². The van der Waals surface area contributed by atoms with Gasteiger partial charge in [0, 0.05) is 37.1 Å². The Balaban J connectivity index is 1.44. The highest BCUT2D eigenvalue weighted by Crippen LogP contribution is 2.21. The van der Waals surface area contributed by atoms with Gasteiger partial charge in [0.2, 0.25) is 15.9 Å². The van der Waals surface area contributed by atoms with Gasteiger partial charge in [-0.05, 0) is 49.2 Å². The molecule has 1 aliphatic heterocycles. The molecule has 0 saturated carbocycles. The first-order chi connectivity index (χ1) is 13.9. The van der Waals surface area contributed by atoms with Crippen molar-refractivity contribution < 1.29 is 17.9 Å². The predicted molar refractivity (Wildman–Crippen MR) is 115 cm³/mol. The van der Waals surface area contributed by atoms with E-state index in [4.69, 9.17) is 4.74 Å². The van der Waals surface area contributed by atoms with E-state index in [2.05, 4.69) is 15.9 Å². The first-order valence-corrected chi connectivity index (χ1v) is 11.8. The Kier molecular flexibility index (Phi) is 7.32. The van der Waals surface area contributed by atoms with Crippen molar-refractivity contribution in [3.63, 3.8) is 0 Å². The van der Waals surface area contributed by atoms with Crippen LogP contribution in [-0.2, 0) is 14.8 Å². The first-order valence-electron chi connectivity index (χ1n) is 9.59. The van der Waals surface area contributed by atoms with Crippen LogP contribution in [0.5, 0.6) is 5.75 Å². The van der Waals surface area contributed by atoms with Gasteiger partial charge in [-0.15, -0.1) is 0 Å². The summed E-state index contributed by atoms with van der Waals surface area (Å²) in [6.45, 7) is 3.91. The third-order valence-electron chi connectivity index (χ3n) is 4.82. The standard InChI is InChI=1S/C21H25BrN2O4S/c1-17-5-2-7-19(15-17)28-14-4-9-21(25)23-10-12-24(13-11-23)29(26,27)20-8-3-6-18(22)16-20/h2-3,5-8,15-16H,4,9-14H2,1H3. The number of amides is 1. The average Bonchev–Trinajstić information content (AvgIpc) is 2.71. The van der Waals surface area contributed by atoms with Gasteiger partial charge in [0.05, 0.1) is 11.5 Å². The summed E-state index contributed by atoms with van der Waals surface area (Å²) in [4.78, 5) is 14.4. The second kappa shape index (κ2) is 9.73. The zero-order valence-corrected chi connectivity index (χ0v) is 18.8. The minimum Gasteiger partial charge on any atom is -0.494 e. The molecule has 1 aliphatic rings. The maximum Gasteiger partial charge on any atom is 0.243 e. The fraction of sp³-hybridized carbons (Fsp3) is 0.381. The van der Waals surface area contributed by atoms with Crippen LogP contribution < -0.4 is 4.74 Å². The lowest BCUT2D eigenvalue weighted by molar-refractivity contribution is -0.132. The summed E-state index contributed by atoms with van der Waals surface area (Å²) in [6, 6.07) is 14.5. The number of nitrogens with zero attached hydrogens (tertiary/aromatic N) is 2. The quantitative estimate of drug-likeness (QED) is 0.569. The molecule has 0 radical (unpaired) electrons. The maximum absolute atomic E-state index is 12.8. The number of piperazine rings is 1. The Bertz CT molecular complexity index is 957. The number of sulfonamides is 1. The number of benzene rings is 2. The van der Waals surface area contributed by atoms with Crippen LogP contribution in [0, 0.1) is 6.92 Å². The average molecular weight is 481 g/mol. The molecule has 0 unspecified atom stereocenters. The van der Waals surface area contributed by atoms with Crippen molar-refractivity contribution in [2.24, 2.45) is 0 Å². The molecule has 0 aromatic heterocycles. The molecule has 6 nitrogen and oxygen atoms in total. The van der Waals surface area contributed by atoms with E-state index in [1.807, 2.05) is 31.2 Å². The SMILES string of the molecule is Cc1cccc(OCCCC(=O)N2CCN(S(=O)(=O)c3cccc(Br)c3)CC2)c1. The molecule has 1 heterocycles. The molecule has 2 aromatic rings. The highest BCUT2D eigenvalue weighted by molar-refractivity contribution is 9.10. The van der Waals surface area contributed by atoms with E-state index in [-0.39, 0.29) is 10.8 Å². The van der Waals surface area contributed by atoms with E-state index in [1.54, 1.807) is 29.2 Å². The van der Waals surface area contributed by atoms with Crippen LogP contribution in [0.15, 0.2) is 57.9 Å². The van der Waals surface area contributed by atoms with Crippen LogP contribution in [0.3, 0.4) is 0 Å². The number of rotatable bonds is 7. The van der Waals surface area contributed by atoms with Crippen LogP contribution in [-0.4, -0.2) is 56.3 Å². The zero-order chi connectivity index (χ0) is 20.9. The minimum absolute atomic E-state index is 0.0392. The molecule has 8 heteroatoms. The monoisotopic (exact) mass is 480 g/mol. The molecule has 0 bridgehead atoms. The lowest BCUT2D eigenvalue weighted by Crippen LogP contribution is -2.50. The predicted octanol–water partition coefficient (Wildman–Crippen LogP) is 3.45. The van der Waals surface area contributed by atoms with Crippen LogP contribution in [0.2, 0.25) is 0 Å². The number of hydrogen-bond acceptors (Lipinski definition) is 4. The molecule has 2 aromatic carbocycles. The molecule has 0 atom stereocenters. The molecule has 29 heavy (non-hydrogen) atoms. The Morgan fingerprint density at radius 2 is 1.79 bits per heavy atom. The Morgan fingerprint density at radius 1 is 1.07 bits per heavy atom. The van der Waals surface area contributed by atoms with Crippen molar-refractivity contribution in [1.82, 2.24) is 9.21 Å². The number of ether oxygens (including phenoxy) is 1. The van der Waals surface area contributed by atoms with Gasteiger partial charge in [0.25, 0.3) is 0 Å². The lowest BCUT2D eigenvalue weighted by atomic mass is 10.2. The summed E-state index contributed by atoms with van der Waals surface area (Å²) in [6.07, 6.45) is 1.02. The Morgan fingerprint density at radius 3 is 2.48 bits per heavy atom. The van der Waals surface area contributed by atoms with E-state index in [9.17, 15) is 13.2 Å². The molecule has 0 spiro atoms. The molecule has 1 saturated heterocycles. The van der Waals surface area contributed by atoms with Crippen LogP contribution >= 0.6 is 15.9 Å². The molecule has 1 fully saturated rings. The van der Waals surface area contributed by atoms with Crippen molar-refractivity contribution in [1.29, 1.82) is 0 Å². The second-order valence-electron chi connectivity index (χ2n) is 7.01. The largest absolute Gasteiger partial charge is 0.494 e. The van der Waals surface area contributed by atoms with Gasteiger partial charge in [0.1, 0.15) is 5.75 Å². The molecule has 0 N–H and O–H groups in total. The highest BCUT2D eigenvalue weighted by atomic mass is 79.9. The number of hydrogen-bond donors (Lipinski definition) is 0. The van der Waals surface area contributed by atoms with Crippen LogP contribution in [0.1, 0.15) is 18.4 Å². The lowest BCUT2D eigenvalue weighted by Gasteiger charge is -2.34. The number of aryl methyl sites for hydroxylation is 1. The number of halogens is 1. The van der Waals surface area contributed by atoms with E-state index >= 15 is 0 Å². The Labute approximate surface area is 180 Å². The van der Waals surface area contributed by atoms with E-state index in [0.29, 0.717) is 45.6 Å². The van der Waals surface area contributed by atoms with Gasteiger partial charge < -0.3 is 9.64 Å². The summed E-state index contributed by atoms with van der Waals surface area (Å²) < 4.78 is 33.4. The fourth-order valence-electron chi connectivity index (χ4n) is 3.23. The molecule has 3 rings (SSSR count). The second-order valence-corrected chi connectivity index (χ2v) is 9.86. The fourth-order valence-corrected chi connectivity index (χ4v) is 5.25. The molecular formula is C21H25BrN2O4S. The Hall–Kier alpha value is -1.90. The molecule has 156 valence electrons. The third-order valence-corrected chi connectivity index (χ3v) is 7.21. The van der Waals surface area contributed by atoms with Gasteiger partial charge in [-0.3, -0.25) is 4.79 Å². The van der Waals surface area contributed by atoms with Crippen molar-refractivity contribution in [3.05, 3.63) is 58.6 Å². The summed E-state index contributed by atoms with van der Waals surface area (Å²) in [5.41, 5.74) is 1.13. The maximum atomic E-state index is 12.8. The van der Waals surface area contributed by atoms with Crippen molar-refractivity contribution in [3.8, 4) is 5.75 Å². The smallest absolute Gasteiger partial charge is 0.243 e. The van der Waals surface area contributed by atoms with Gasteiger partial charge in [-0.1, -0.05) is 34.1 Å². The van der Waals surface area contributed by atoms with E-state index < -0.39 is 10.0 Å². The third kappa shape index (κ3) is 5.81.